The summed E-state index contributed by atoms with van der Waals surface area (Å²) >= 11 is 0. The summed E-state index contributed by atoms with van der Waals surface area (Å²) in [4.78, 5) is 99.8. The van der Waals surface area contributed by atoms with Crippen LogP contribution in [0.1, 0.15) is 150 Å². The molecule has 88 heavy (non-hydrogen) atoms. The smallest absolute Gasteiger partial charge is 0.407 e. The van der Waals surface area contributed by atoms with Crippen molar-refractivity contribution in [3.05, 3.63) is 84.5 Å². The Hall–Kier alpha value is -6.43. The van der Waals surface area contributed by atoms with Gasteiger partial charge in [0, 0.05) is 63.0 Å². The number of hydrogen-bond acceptors (Lipinski definition) is 20. The molecule has 3 heterocycles. The summed E-state index contributed by atoms with van der Waals surface area (Å²) < 4.78 is 27.4. The van der Waals surface area contributed by atoms with E-state index in [0.717, 1.165) is 18.2 Å². The van der Waals surface area contributed by atoms with Crippen molar-refractivity contribution in [1.82, 2.24) is 35.0 Å². The lowest BCUT2D eigenvalue weighted by atomic mass is 9.35. The number of alkyl carbamates (subject to hydrolysis) is 1. The number of rotatable bonds is 35. The second-order valence-corrected chi connectivity index (χ2v) is 25.6. The van der Waals surface area contributed by atoms with E-state index in [-0.39, 0.29) is 99.6 Å². The van der Waals surface area contributed by atoms with Gasteiger partial charge in [0.05, 0.1) is 77.6 Å². The third kappa shape index (κ3) is 17.7. The summed E-state index contributed by atoms with van der Waals surface area (Å²) in [7, 11) is 0. The molecule has 0 aromatic carbocycles. The maximum atomic E-state index is 15.1. The molecule has 4 amide bonds. The van der Waals surface area contributed by atoms with Crippen molar-refractivity contribution >= 4 is 23.8 Å². The topological polar surface area (TPSA) is 401 Å². The van der Waals surface area contributed by atoms with Crippen LogP contribution in [0.5, 0.6) is 17.2 Å². The van der Waals surface area contributed by atoms with E-state index < -0.39 is 143 Å². The highest BCUT2D eigenvalue weighted by Gasteiger charge is 2.68. The van der Waals surface area contributed by atoms with E-state index >= 15 is 14.4 Å². The Labute approximate surface area is 511 Å². The SMILES string of the molecule is CCCCOc1c(C(=O)NCC23CC4(CNC(=O)OC(C)(C)C)CC(CNC(=O)c5c(OCCCC)c(=O)ccn5CC(O)C(O)CO)(C2)CC(CNC(=O)c2c(OCCCC)c(=O)ccn2CC(O)C(O)CO)(C4)C3)n(CC(O)C(O)CO)ccc1=O. The zero-order valence-corrected chi connectivity index (χ0v) is 51.5. The number of aliphatic hydroxyl groups is 9. The van der Waals surface area contributed by atoms with Crippen molar-refractivity contribution in [3.63, 3.8) is 0 Å². The van der Waals surface area contributed by atoms with Crippen LogP contribution >= 0.6 is 0 Å². The van der Waals surface area contributed by atoms with Crippen molar-refractivity contribution < 1.29 is 84.1 Å². The van der Waals surface area contributed by atoms with Gasteiger partial charge < -0.3 is 99.9 Å². The highest BCUT2D eigenvalue weighted by Crippen LogP contribution is 2.73. The van der Waals surface area contributed by atoms with Gasteiger partial charge in [-0.3, -0.25) is 28.8 Å². The van der Waals surface area contributed by atoms with E-state index in [1.54, 1.807) is 20.8 Å². The minimum atomic E-state index is -1.62. The standard InChI is InChI=1S/C61H93N7O20/c1-7-10-19-85-50-38(72)13-16-66(22-41(75)44(78)25-69)47(50)53(81)62-34-58-28-59(35-63-54(82)48-51(86-20-11-8-2)39(73)14-17-67(48)23-42(76)45(79)26-70)30-60(29-58,33-61(31-58,32-59)37-65-56(84)88-57(4,5)6)36-64-55(83)49-52(87-21-12-9-3)40(74)15-18-68(49)24-43(77)46(80)27-71/h13-18,41-46,69-71,75-80H,7-12,19-37H2,1-6H3,(H,62,81)(H,63,82)(H,64,83)(H,65,84). The Bertz CT molecular complexity index is 2750. The van der Waals surface area contributed by atoms with E-state index in [2.05, 4.69) is 21.3 Å². The summed E-state index contributed by atoms with van der Waals surface area (Å²) in [5.74, 6) is -3.41. The molecular weight excluding hydrogens is 1150 g/mol. The molecule has 6 atom stereocenters. The van der Waals surface area contributed by atoms with E-state index in [9.17, 15) is 65.1 Å². The van der Waals surface area contributed by atoms with Crippen molar-refractivity contribution in [2.75, 3.05) is 65.8 Å². The van der Waals surface area contributed by atoms with Crippen molar-refractivity contribution in [2.24, 2.45) is 21.7 Å². The van der Waals surface area contributed by atoms with Crippen LogP contribution in [0.25, 0.3) is 0 Å². The number of aliphatic hydroxyl groups excluding tert-OH is 9. The van der Waals surface area contributed by atoms with Gasteiger partial charge in [-0.05, 0) is 100 Å². The number of carbonyl (C=O) groups excluding carboxylic acids is 4. The average Bonchev–Trinajstić information content (AvgIpc) is 0.723. The van der Waals surface area contributed by atoms with Gasteiger partial charge in [-0.15, -0.1) is 0 Å². The van der Waals surface area contributed by atoms with Gasteiger partial charge in [0.2, 0.25) is 16.3 Å². The molecule has 27 nitrogen and oxygen atoms in total. The molecule has 4 fully saturated rings. The van der Waals surface area contributed by atoms with Crippen LogP contribution in [-0.4, -0.2) is 192 Å². The van der Waals surface area contributed by atoms with E-state index in [4.69, 9.17) is 18.9 Å². The first-order chi connectivity index (χ1) is 41.6. The van der Waals surface area contributed by atoms with Crippen LogP contribution in [0.4, 0.5) is 4.79 Å². The Morgan fingerprint density at radius 1 is 0.466 bits per heavy atom. The molecule has 6 unspecified atom stereocenters. The van der Waals surface area contributed by atoms with Crippen LogP contribution < -0.4 is 51.8 Å². The van der Waals surface area contributed by atoms with Crippen molar-refractivity contribution in [2.45, 2.75) is 180 Å². The maximum Gasteiger partial charge on any atom is 0.407 e. The number of amides is 4. The number of ether oxygens (including phenoxy) is 4. The Kier molecular flexibility index (Phi) is 24.8. The number of nitrogens with one attached hydrogen (secondary N) is 4. The zero-order valence-electron chi connectivity index (χ0n) is 51.5. The third-order valence-corrected chi connectivity index (χ3v) is 16.7. The first-order valence-electron chi connectivity index (χ1n) is 30.5. The number of nitrogens with zero attached hydrogens (tertiary/aromatic N) is 3. The lowest BCUT2D eigenvalue weighted by Crippen LogP contribution is -2.68. The van der Waals surface area contributed by atoms with Gasteiger partial charge in [-0.2, -0.15) is 0 Å². The van der Waals surface area contributed by atoms with Gasteiger partial charge in [0.1, 0.15) is 23.9 Å². The largest absolute Gasteiger partial charge is 0.487 e. The van der Waals surface area contributed by atoms with Gasteiger partial charge in [0.15, 0.2) is 34.3 Å². The fraction of sp³-hybridized carbons (Fsp3) is 0.689. The summed E-state index contributed by atoms with van der Waals surface area (Å²) in [5.41, 5.74) is -7.61. The van der Waals surface area contributed by atoms with E-state index in [0.29, 0.717) is 57.8 Å². The quantitative estimate of drug-likeness (QED) is 0.0352. The molecule has 3 aromatic heterocycles. The molecule has 0 spiro atoms. The Morgan fingerprint density at radius 2 is 0.727 bits per heavy atom. The molecular formula is C61H93N7O20. The molecule has 0 aliphatic heterocycles. The molecule has 7 rings (SSSR count). The zero-order chi connectivity index (χ0) is 64.8. The Morgan fingerprint density at radius 3 is 0.966 bits per heavy atom. The van der Waals surface area contributed by atoms with Gasteiger partial charge in [0.25, 0.3) is 17.7 Å². The third-order valence-electron chi connectivity index (χ3n) is 16.7. The molecule has 27 heteroatoms. The first kappa shape index (κ1) is 70.7. The van der Waals surface area contributed by atoms with Crippen LogP contribution in [0.15, 0.2) is 51.2 Å². The molecule has 3 aromatic rings. The molecule has 492 valence electrons. The number of unbranched alkanes of at least 4 members (excludes halogenated alkanes) is 3. The molecule has 13 N–H and O–H groups in total. The van der Waals surface area contributed by atoms with Crippen molar-refractivity contribution in [3.8, 4) is 17.2 Å². The average molecular weight is 1240 g/mol. The Balaban J connectivity index is 1.51. The van der Waals surface area contributed by atoms with Crippen molar-refractivity contribution in [1.29, 1.82) is 0 Å². The minimum Gasteiger partial charge on any atom is -0.487 e. The summed E-state index contributed by atoms with van der Waals surface area (Å²) in [5, 5.41) is 105. The number of pyridine rings is 3. The number of hydrogen-bond donors (Lipinski definition) is 13. The molecule has 0 radical (unpaired) electrons. The minimum absolute atomic E-state index is 0.0147. The monoisotopic (exact) mass is 1240 g/mol. The van der Waals surface area contributed by atoms with Crippen LogP contribution in [0.2, 0.25) is 0 Å². The summed E-state index contributed by atoms with van der Waals surface area (Å²) in [6, 6.07) is 3.45. The summed E-state index contributed by atoms with van der Waals surface area (Å²) in [6.07, 6.45) is -1.27. The number of carbonyl (C=O) groups is 4. The fourth-order valence-corrected chi connectivity index (χ4v) is 13.4. The normalized spacial score (nSPS) is 22.4. The van der Waals surface area contributed by atoms with Crippen LogP contribution in [0.3, 0.4) is 0 Å². The molecule has 4 aliphatic carbocycles. The number of aromatic nitrogens is 3. The lowest BCUT2D eigenvalue weighted by Gasteiger charge is -2.71. The molecule has 4 aliphatic rings. The van der Waals surface area contributed by atoms with Crippen LogP contribution in [-0.2, 0) is 24.4 Å². The molecule has 0 saturated heterocycles. The summed E-state index contributed by atoms with van der Waals surface area (Å²) in [6.45, 7) is 6.76. The second kappa shape index (κ2) is 30.9. The predicted octanol–water partition coefficient (Wildman–Crippen LogP) is 0.292. The highest BCUT2D eigenvalue weighted by molar-refractivity contribution is 5.96. The maximum absolute atomic E-state index is 15.1. The van der Waals surface area contributed by atoms with E-state index in [1.165, 1.54) is 32.3 Å². The predicted molar refractivity (Wildman–Crippen MR) is 319 cm³/mol. The van der Waals surface area contributed by atoms with Crippen LogP contribution in [0, 0.1) is 21.7 Å². The van der Waals surface area contributed by atoms with Gasteiger partial charge in [-0.1, -0.05) is 40.0 Å². The van der Waals surface area contributed by atoms with Gasteiger partial charge >= 0.3 is 6.09 Å². The van der Waals surface area contributed by atoms with Gasteiger partial charge in [-0.25, -0.2) is 4.79 Å². The highest BCUT2D eigenvalue weighted by atomic mass is 16.6. The lowest BCUT2D eigenvalue weighted by molar-refractivity contribution is -0.194. The molecule has 4 saturated carbocycles. The molecule has 4 bridgehead atoms. The first-order valence-corrected chi connectivity index (χ1v) is 30.5. The fourth-order valence-electron chi connectivity index (χ4n) is 13.4. The second-order valence-electron chi connectivity index (χ2n) is 25.6. The van der Waals surface area contributed by atoms with E-state index in [1.807, 2.05) is 20.8 Å².